The molecule has 0 saturated heterocycles. The summed E-state index contributed by atoms with van der Waals surface area (Å²) >= 11 is 1.49. The first-order valence-electron chi connectivity index (χ1n) is 10.9. The average molecular weight is 458 g/mol. The number of ether oxygens (including phenoxy) is 3. The van der Waals surface area contributed by atoms with Crippen molar-refractivity contribution >= 4 is 32.6 Å². The Morgan fingerprint density at radius 3 is 2.44 bits per heavy atom. The molecule has 3 rings (SSSR count). The number of aromatic nitrogens is 1. The molecular formula is C24H31N3O4S. The molecule has 0 N–H and O–H groups in total. The van der Waals surface area contributed by atoms with E-state index in [1.807, 2.05) is 43.3 Å². The van der Waals surface area contributed by atoms with Crippen LogP contribution in [0.2, 0.25) is 0 Å². The molecule has 0 unspecified atom stereocenters. The Labute approximate surface area is 193 Å². The molecule has 0 aliphatic heterocycles. The van der Waals surface area contributed by atoms with Crippen molar-refractivity contribution in [3.05, 3.63) is 42.5 Å². The van der Waals surface area contributed by atoms with Gasteiger partial charge in [0.25, 0.3) is 5.91 Å². The van der Waals surface area contributed by atoms with E-state index in [0.717, 1.165) is 35.6 Å². The van der Waals surface area contributed by atoms with Gasteiger partial charge in [0, 0.05) is 19.2 Å². The van der Waals surface area contributed by atoms with Crippen LogP contribution in [0.4, 0.5) is 5.13 Å². The van der Waals surface area contributed by atoms with E-state index in [2.05, 4.69) is 18.7 Å². The maximum Gasteiger partial charge on any atom is 0.266 e. The van der Waals surface area contributed by atoms with Crippen LogP contribution in [0.25, 0.3) is 10.2 Å². The normalized spacial score (nSPS) is 11.0. The minimum atomic E-state index is -0.135. The van der Waals surface area contributed by atoms with Gasteiger partial charge in [-0.1, -0.05) is 31.3 Å². The van der Waals surface area contributed by atoms with Crippen LogP contribution in [0.5, 0.6) is 17.2 Å². The molecule has 3 aromatic rings. The second-order valence-electron chi connectivity index (χ2n) is 7.10. The fourth-order valence-corrected chi connectivity index (χ4v) is 4.32. The summed E-state index contributed by atoms with van der Waals surface area (Å²) in [6.07, 6.45) is 0. The Kier molecular flexibility index (Phi) is 8.70. The summed E-state index contributed by atoms with van der Waals surface area (Å²) in [5, 5.41) is 0.667. The summed E-state index contributed by atoms with van der Waals surface area (Å²) in [6.45, 7) is 9.88. The molecular weight excluding hydrogens is 426 g/mol. The van der Waals surface area contributed by atoms with Crippen molar-refractivity contribution in [1.29, 1.82) is 0 Å². The van der Waals surface area contributed by atoms with Gasteiger partial charge in [-0.2, -0.15) is 0 Å². The van der Waals surface area contributed by atoms with Crippen molar-refractivity contribution in [2.75, 3.05) is 51.4 Å². The molecule has 8 heteroatoms. The van der Waals surface area contributed by atoms with Gasteiger partial charge in [-0.05, 0) is 50.3 Å². The molecule has 2 aromatic carbocycles. The SMILES string of the molecule is CCOc1ccc2nc(N(CCN(CC)CC)C(=O)COc3cccc(OC)c3)sc2c1. The van der Waals surface area contributed by atoms with Crippen LogP contribution in [0.1, 0.15) is 20.8 Å². The summed E-state index contributed by atoms with van der Waals surface area (Å²) in [7, 11) is 1.60. The third-order valence-corrected chi connectivity index (χ3v) is 6.17. The van der Waals surface area contributed by atoms with Crippen LogP contribution < -0.4 is 19.1 Å². The van der Waals surface area contributed by atoms with E-state index in [1.54, 1.807) is 18.1 Å². The Balaban J connectivity index is 1.80. The number of hydrogen-bond acceptors (Lipinski definition) is 7. The standard InChI is InChI=1S/C24H31N3O4S/c1-5-26(6-2)13-14-27(23(28)17-31-19-10-8-9-18(15-19)29-4)24-25-21-12-11-20(30-7-3)16-22(21)32-24/h8-12,15-16H,5-7,13-14,17H2,1-4H3. The molecule has 0 spiro atoms. The zero-order valence-corrected chi connectivity index (χ0v) is 20.0. The van der Waals surface area contributed by atoms with Gasteiger partial charge < -0.3 is 19.1 Å². The molecule has 32 heavy (non-hydrogen) atoms. The highest BCUT2D eigenvalue weighted by Crippen LogP contribution is 2.32. The second-order valence-corrected chi connectivity index (χ2v) is 8.11. The van der Waals surface area contributed by atoms with Gasteiger partial charge >= 0.3 is 0 Å². The quantitative estimate of drug-likeness (QED) is 0.400. The lowest BCUT2D eigenvalue weighted by atomic mass is 10.3. The molecule has 0 radical (unpaired) electrons. The van der Waals surface area contributed by atoms with Gasteiger partial charge in [0.05, 0.1) is 23.9 Å². The monoisotopic (exact) mass is 457 g/mol. The van der Waals surface area contributed by atoms with Crippen LogP contribution in [-0.4, -0.2) is 62.3 Å². The van der Waals surface area contributed by atoms with Crippen molar-refractivity contribution in [3.63, 3.8) is 0 Å². The second kappa shape index (κ2) is 11.7. The molecule has 0 fully saturated rings. The maximum absolute atomic E-state index is 13.2. The Hall–Kier alpha value is -2.84. The zero-order chi connectivity index (χ0) is 22.9. The highest BCUT2D eigenvalue weighted by molar-refractivity contribution is 7.22. The van der Waals surface area contributed by atoms with Gasteiger partial charge in [-0.25, -0.2) is 4.98 Å². The average Bonchev–Trinajstić information content (AvgIpc) is 3.23. The van der Waals surface area contributed by atoms with Gasteiger partial charge in [-0.3, -0.25) is 9.69 Å². The van der Waals surface area contributed by atoms with E-state index in [9.17, 15) is 4.79 Å². The number of hydrogen-bond donors (Lipinski definition) is 0. The van der Waals surface area contributed by atoms with Crippen molar-refractivity contribution in [2.24, 2.45) is 0 Å². The van der Waals surface area contributed by atoms with Crippen LogP contribution >= 0.6 is 11.3 Å². The van der Waals surface area contributed by atoms with Crippen LogP contribution in [-0.2, 0) is 4.79 Å². The molecule has 0 atom stereocenters. The number of anilines is 1. The summed E-state index contributed by atoms with van der Waals surface area (Å²) in [5.41, 5.74) is 0.850. The van der Waals surface area contributed by atoms with Crippen LogP contribution in [0.3, 0.4) is 0 Å². The van der Waals surface area contributed by atoms with E-state index in [1.165, 1.54) is 11.3 Å². The lowest BCUT2D eigenvalue weighted by Crippen LogP contribution is -2.41. The van der Waals surface area contributed by atoms with Crippen molar-refractivity contribution in [3.8, 4) is 17.2 Å². The predicted octanol–water partition coefficient (Wildman–Crippen LogP) is 4.46. The third kappa shape index (κ3) is 6.11. The first-order chi connectivity index (χ1) is 15.6. The first-order valence-corrected chi connectivity index (χ1v) is 11.7. The van der Waals surface area contributed by atoms with Gasteiger partial charge in [-0.15, -0.1) is 0 Å². The number of fused-ring (bicyclic) bond motifs is 1. The van der Waals surface area contributed by atoms with Crippen LogP contribution in [0, 0.1) is 0 Å². The molecule has 1 amide bonds. The topological polar surface area (TPSA) is 64.1 Å². The number of rotatable bonds is 12. The number of benzene rings is 2. The van der Waals surface area contributed by atoms with Crippen molar-refractivity contribution < 1.29 is 19.0 Å². The number of carbonyl (C=O) groups is 1. The Morgan fingerprint density at radius 2 is 1.72 bits per heavy atom. The summed E-state index contributed by atoms with van der Waals surface area (Å²) < 4.78 is 17.6. The number of likely N-dealkylation sites (N-methyl/N-ethyl adjacent to an activating group) is 1. The van der Waals surface area contributed by atoms with E-state index >= 15 is 0 Å². The van der Waals surface area contributed by atoms with Crippen molar-refractivity contribution in [1.82, 2.24) is 9.88 Å². The van der Waals surface area contributed by atoms with E-state index < -0.39 is 0 Å². The molecule has 0 saturated carbocycles. The van der Waals surface area contributed by atoms with Gasteiger partial charge in [0.15, 0.2) is 11.7 Å². The molecule has 0 aliphatic rings. The Morgan fingerprint density at radius 1 is 0.969 bits per heavy atom. The molecule has 0 bridgehead atoms. The largest absolute Gasteiger partial charge is 0.497 e. The van der Waals surface area contributed by atoms with E-state index in [-0.39, 0.29) is 12.5 Å². The fourth-order valence-electron chi connectivity index (χ4n) is 3.29. The summed E-state index contributed by atoms with van der Waals surface area (Å²) in [6, 6.07) is 13.1. The molecule has 172 valence electrons. The maximum atomic E-state index is 13.2. The summed E-state index contributed by atoms with van der Waals surface area (Å²) in [4.78, 5) is 21.9. The lowest BCUT2D eigenvalue weighted by molar-refractivity contribution is -0.120. The number of nitrogens with zero attached hydrogens (tertiary/aromatic N) is 3. The highest BCUT2D eigenvalue weighted by Gasteiger charge is 2.21. The van der Waals surface area contributed by atoms with E-state index in [4.69, 9.17) is 19.2 Å². The van der Waals surface area contributed by atoms with E-state index in [0.29, 0.717) is 29.8 Å². The minimum Gasteiger partial charge on any atom is -0.497 e. The number of thiazole rings is 1. The van der Waals surface area contributed by atoms with Crippen molar-refractivity contribution in [2.45, 2.75) is 20.8 Å². The summed E-state index contributed by atoms with van der Waals surface area (Å²) in [5.74, 6) is 1.94. The highest BCUT2D eigenvalue weighted by atomic mass is 32.1. The van der Waals surface area contributed by atoms with Gasteiger partial charge in [0.2, 0.25) is 0 Å². The third-order valence-electron chi connectivity index (χ3n) is 5.13. The predicted molar refractivity (Wildman–Crippen MR) is 129 cm³/mol. The minimum absolute atomic E-state index is 0.0778. The number of methoxy groups -OCH3 is 1. The molecule has 1 aromatic heterocycles. The number of carbonyl (C=O) groups excluding carboxylic acids is 1. The first kappa shape index (κ1) is 23.8. The smallest absolute Gasteiger partial charge is 0.266 e. The lowest BCUT2D eigenvalue weighted by Gasteiger charge is -2.24. The molecule has 7 nitrogen and oxygen atoms in total. The zero-order valence-electron chi connectivity index (χ0n) is 19.2. The molecule has 1 heterocycles. The number of amides is 1. The van der Waals surface area contributed by atoms with Gasteiger partial charge in [0.1, 0.15) is 17.2 Å². The molecule has 0 aliphatic carbocycles. The van der Waals surface area contributed by atoms with Crippen LogP contribution in [0.15, 0.2) is 42.5 Å². The fraction of sp³-hybridized carbons (Fsp3) is 0.417. The Bertz CT molecular complexity index is 1020.